The van der Waals surface area contributed by atoms with Crippen LogP contribution in [0.25, 0.3) is 0 Å². The summed E-state index contributed by atoms with van der Waals surface area (Å²) in [6, 6.07) is 10.6. The van der Waals surface area contributed by atoms with E-state index in [4.69, 9.17) is 10.1 Å². The molecule has 0 bridgehead atoms. The zero-order chi connectivity index (χ0) is 12.8. The molecule has 0 saturated carbocycles. The van der Waals surface area contributed by atoms with E-state index in [1.807, 2.05) is 24.3 Å². The van der Waals surface area contributed by atoms with Crippen molar-refractivity contribution in [3.8, 4) is 0 Å². The van der Waals surface area contributed by atoms with Crippen molar-refractivity contribution in [3.05, 3.63) is 48.6 Å². The molecule has 0 amide bonds. The Bertz CT molecular complexity index is 419. The summed E-state index contributed by atoms with van der Waals surface area (Å²) in [6.07, 6.45) is 3.66. The van der Waals surface area contributed by atoms with Crippen molar-refractivity contribution in [2.24, 2.45) is 4.99 Å². The lowest BCUT2D eigenvalue weighted by molar-refractivity contribution is 0.251. The average molecular weight is 281 g/mol. The van der Waals surface area contributed by atoms with Crippen LogP contribution in [0.3, 0.4) is 0 Å². The van der Waals surface area contributed by atoms with Crippen LogP contribution < -0.4 is 0 Å². The number of nitrogens with zero attached hydrogens (tertiary/aromatic N) is 2. The minimum Gasteiger partial charge on any atom is -0.395 e. The van der Waals surface area contributed by atoms with Crippen LogP contribution in [0.4, 0.5) is 0 Å². The van der Waals surface area contributed by atoms with Crippen molar-refractivity contribution < 1.29 is 5.11 Å². The maximum absolute atomic E-state index is 9.11. The van der Waals surface area contributed by atoms with Gasteiger partial charge in [-0.05, 0) is 12.0 Å². The highest BCUT2D eigenvalue weighted by molar-refractivity contribution is 5.86. The summed E-state index contributed by atoms with van der Waals surface area (Å²) in [5.41, 5.74) is 1.26. The number of hydrogen-bond acceptors (Lipinski definition) is 3. The highest BCUT2D eigenvalue weighted by Crippen LogP contribution is 2.15. The van der Waals surface area contributed by atoms with Crippen LogP contribution in [-0.4, -0.2) is 41.6 Å². The second-order valence-electron chi connectivity index (χ2n) is 4.56. The third kappa shape index (κ3) is 4.37. The molecule has 0 spiro atoms. The number of rotatable bonds is 6. The first-order valence-electron chi connectivity index (χ1n) is 6.40. The Hall–Kier alpha value is -1.32. The Labute approximate surface area is 121 Å². The van der Waals surface area contributed by atoms with E-state index in [1.165, 1.54) is 5.56 Å². The molecule has 1 aromatic rings. The van der Waals surface area contributed by atoms with Gasteiger partial charge in [0.25, 0.3) is 0 Å². The first-order valence-corrected chi connectivity index (χ1v) is 6.40. The summed E-state index contributed by atoms with van der Waals surface area (Å²) in [4.78, 5) is 6.92. The van der Waals surface area contributed by atoms with Crippen LogP contribution in [0.2, 0.25) is 0 Å². The smallest absolute Gasteiger partial charge is 0.104 e. The molecule has 1 aliphatic rings. The lowest BCUT2D eigenvalue weighted by atomic mass is 10.1. The standard InChI is InChI=1S/C15H20N2O.ClH/c1-2-6-14-12-17(9-10-18)15(16-14)11-13-7-4-3-5-8-13;/h2-5,7-8,14,18H,1,6,9-12H2;1H. The van der Waals surface area contributed by atoms with Gasteiger partial charge in [0.05, 0.1) is 12.6 Å². The van der Waals surface area contributed by atoms with Gasteiger partial charge in [-0.1, -0.05) is 36.4 Å². The minimum atomic E-state index is 0. The van der Waals surface area contributed by atoms with E-state index in [0.717, 1.165) is 25.2 Å². The Morgan fingerprint density at radius 1 is 1.37 bits per heavy atom. The number of amidine groups is 1. The van der Waals surface area contributed by atoms with E-state index < -0.39 is 0 Å². The lowest BCUT2D eigenvalue weighted by Gasteiger charge is -2.19. The molecule has 0 aliphatic carbocycles. The molecule has 0 aromatic heterocycles. The Kier molecular flexibility index (Phi) is 6.60. The molecule has 3 nitrogen and oxygen atoms in total. The van der Waals surface area contributed by atoms with Gasteiger partial charge in [0.1, 0.15) is 5.84 Å². The zero-order valence-electron chi connectivity index (χ0n) is 11.0. The summed E-state index contributed by atoms with van der Waals surface area (Å²) in [6.45, 7) is 5.51. The third-order valence-corrected chi connectivity index (χ3v) is 3.14. The Morgan fingerprint density at radius 2 is 2.11 bits per heavy atom. The molecule has 0 saturated heterocycles. The second-order valence-corrected chi connectivity index (χ2v) is 4.56. The van der Waals surface area contributed by atoms with Gasteiger partial charge in [-0.25, -0.2) is 0 Å². The van der Waals surface area contributed by atoms with Gasteiger partial charge >= 0.3 is 0 Å². The minimum absolute atomic E-state index is 0. The van der Waals surface area contributed by atoms with E-state index in [1.54, 1.807) is 0 Å². The molecular formula is C15H21ClN2O. The summed E-state index contributed by atoms with van der Waals surface area (Å²) < 4.78 is 0. The molecule has 1 unspecified atom stereocenters. The largest absolute Gasteiger partial charge is 0.395 e. The van der Waals surface area contributed by atoms with Crippen molar-refractivity contribution in [1.82, 2.24) is 4.90 Å². The molecule has 1 aliphatic heterocycles. The van der Waals surface area contributed by atoms with E-state index in [-0.39, 0.29) is 19.0 Å². The predicted octanol–water partition coefficient (Wildman–Crippen LogP) is 2.30. The van der Waals surface area contributed by atoms with Crippen molar-refractivity contribution in [2.75, 3.05) is 19.7 Å². The number of β-amino-alcohol motifs (C(OH)–C–C–N with tert-alkyl or cyclic N) is 1. The molecule has 1 heterocycles. The van der Waals surface area contributed by atoms with Crippen LogP contribution in [0.1, 0.15) is 12.0 Å². The molecule has 4 heteroatoms. The number of halogens is 1. The fourth-order valence-corrected chi connectivity index (χ4v) is 2.29. The summed E-state index contributed by atoms with van der Waals surface area (Å²) >= 11 is 0. The number of aliphatic hydroxyl groups is 1. The second kappa shape index (κ2) is 7.97. The van der Waals surface area contributed by atoms with Crippen molar-refractivity contribution in [2.45, 2.75) is 18.9 Å². The van der Waals surface area contributed by atoms with E-state index >= 15 is 0 Å². The van der Waals surface area contributed by atoms with Gasteiger partial charge in [-0.3, -0.25) is 4.99 Å². The summed E-state index contributed by atoms with van der Waals surface area (Å²) in [5.74, 6) is 1.09. The zero-order valence-corrected chi connectivity index (χ0v) is 11.9. The molecular weight excluding hydrogens is 260 g/mol. The monoisotopic (exact) mass is 280 g/mol. The van der Waals surface area contributed by atoms with Gasteiger partial charge in [0, 0.05) is 19.5 Å². The number of benzene rings is 1. The van der Waals surface area contributed by atoms with E-state index in [2.05, 4.69) is 23.6 Å². The maximum Gasteiger partial charge on any atom is 0.104 e. The normalized spacial score (nSPS) is 17.8. The predicted molar refractivity (Wildman–Crippen MR) is 82.1 cm³/mol. The van der Waals surface area contributed by atoms with Gasteiger partial charge < -0.3 is 10.0 Å². The van der Waals surface area contributed by atoms with Gasteiger partial charge in [-0.2, -0.15) is 0 Å². The lowest BCUT2D eigenvalue weighted by Crippen LogP contribution is -2.33. The molecule has 1 aromatic carbocycles. The van der Waals surface area contributed by atoms with Crippen LogP contribution in [-0.2, 0) is 6.42 Å². The fraction of sp³-hybridized carbons (Fsp3) is 0.400. The van der Waals surface area contributed by atoms with Crippen molar-refractivity contribution >= 4 is 18.2 Å². The number of aliphatic imine (C=N–C) groups is 1. The fourth-order valence-electron chi connectivity index (χ4n) is 2.29. The highest BCUT2D eigenvalue weighted by Gasteiger charge is 2.23. The van der Waals surface area contributed by atoms with E-state index in [0.29, 0.717) is 12.6 Å². The molecule has 1 atom stereocenters. The Balaban J connectivity index is 0.00000180. The van der Waals surface area contributed by atoms with Gasteiger partial charge in [-0.15, -0.1) is 19.0 Å². The molecule has 2 rings (SSSR count). The van der Waals surface area contributed by atoms with Crippen LogP contribution in [0.5, 0.6) is 0 Å². The summed E-state index contributed by atoms with van der Waals surface area (Å²) in [7, 11) is 0. The van der Waals surface area contributed by atoms with Crippen molar-refractivity contribution in [3.63, 3.8) is 0 Å². The molecule has 104 valence electrons. The molecule has 0 fully saturated rings. The van der Waals surface area contributed by atoms with Gasteiger partial charge in [0.15, 0.2) is 0 Å². The molecule has 19 heavy (non-hydrogen) atoms. The van der Waals surface area contributed by atoms with Gasteiger partial charge in [0.2, 0.25) is 0 Å². The van der Waals surface area contributed by atoms with Crippen LogP contribution >= 0.6 is 12.4 Å². The maximum atomic E-state index is 9.11. The number of aliphatic hydroxyl groups excluding tert-OH is 1. The quantitative estimate of drug-likeness (QED) is 0.812. The van der Waals surface area contributed by atoms with Crippen LogP contribution in [0.15, 0.2) is 48.0 Å². The summed E-state index contributed by atoms with van der Waals surface area (Å²) in [5, 5.41) is 9.11. The highest BCUT2D eigenvalue weighted by atomic mass is 35.5. The first-order chi connectivity index (χ1) is 8.83. The average Bonchev–Trinajstić information content (AvgIpc) is 2.74. The third-order valence-electron chi connectivity index (χ3n) is 3.14. The molecule has 1 N–H and O–H groups in total. The van der Waals surface area contributed by atoms with Crippen LogP contribution in [0, 0.1) is 0 Å². The molecule has 0 radical (unpaired) electrons. The topological polar surface area (TPSA) is 35.8 Å². The Morgan fingerprint density at radius 3 is 2.74 bits per heavy atom. The van der Waals surface area contributed by atoms with E-state index in [9.17, 15) is 0 Å². The van der Waals surface area contributed by atoms with Crippen molar-refractivity contribution in [1.29, 1.82) is 0 Å². The number of hydrogen-bond donors (Lipinski definition) is 1. The first kappa shape index (κ1) is 15.7. The SMILES string of the molecule is C=CCC1CN(CCO)C(Cc2ccccc2)=N1.Cl.